The fraction of sp³-hybridized carbons (Fsp3) is 0.429. The molecule has 1 heterocycles. The zero-order valence-corrected chi connectivity index (χ0v) is 11.5. The van der Waals surface area contributed by atoms with Crippen molar-refractivity contribution in [2.45, 2.75) is 38.1 Å². The van der Waals surface area contributed by atoms with Gasteiger partial charge in [0.15, 0.2) is 5.01 Å². The number of para-hydroxylation sites is 1. The van der Waals surface area contributed by atoms with E-state index in [4.69, 9.17) is 0 Å². The molecule has 2 N–H and O–H groups in total. The number of anilines is 1. The molecule has 1 saturated carbocycles. The molecular formula is C14H17N3OS. The topological polar surface area (TPSA) is 58.0 Å². The van der Waals surface area contributed by atoms with Gasteiger partial charge >= 0.3 is 0 Å². The van der Waals surface area contributed by atoms with Crippen molar-refractivity contribution < 1.29 is 5.11 Å². The highest BCUT2D eigenvalue weighted by molar-refractivity contribution is 7.18. The van der Waals surface area contributed by atoms with Gasteiger partial charge in [0.05, 0.1) is 5.56 Å². The average molecular weight is 275 g/mol. The SMILES string of the molecule is Oc1ccccc1-c1nnc(NC2CCCCC2)s1. The van der Waals surface area contributed by atoms with E-state index in [9.17, 15) is 5.11 Å². The summed E-state index contributed by atoms with van der Waals surface area (Å²) in [4.78, 5) is 0. The first-order chi connectivity index (χ1) is 9.33. The fourth-order valence-electron chi connectivity index (χ4n) is 2.47. The molecule has 100 valence electrons. The second-order valence-electron chi connectivity index (χ2n) is 4.91. The number of benzene rings is 1. The summed E-state index contributed by atoms with van der Waals surface area (Å²) >= 11 is 1.50. The number of hydrogen-bond donors (Lipinski definition) is 2. The van der Waals surface area contributed by atoms with E-state index < -0.39 is 0 Å². The smallest absolute Gasteiger partial charge is 0.206 e. The molecule has 1 aliphatic rings. The lowest BCUT2D eigenvalue weighted by atomic mass is 9.96. The van der Waals surface area contributed by atoms with Crippen LogP contribution in [0.5, 0.6) is 5.75 Å². The Morgan fingerprint density at radius 1 is 1.11 bits per heavy atom. The highest BCUT2D eigenvalue weighted by Crippen LogP contribution is 2.33. The van der Waals surface area contributed by atoms with Crippen molar-refractivity contribution >= 4 is 16.5 Å². The van der Waals surface area contributed by atoms with Crippen LogP contribution in [-0.2, 0) is 0 Å². The van der Waals surface area contributed by atoms with Crippen LogP contribution in [0.2, 0.25) is 0 Å². The van der Waals surface area contributed by atoms with Crippen LogP contribution < -0.4 is 5.32 Å². The Kier molecular flexibility index (Phi) is 3.64. The second kappa shape index (κ2) is 5.57. The Labute approximate surface area is 116 Å². The summed E-state index contributed by atoms with van der Waals surface area (Å²) in [6, 6.07) is 7.76. The predicted octanol–water partition coefficient (Wildman–Crippen LogP) is 3.66. The van der Waals surface area contributed by atoms with Crippen LogP contribution >= 0.6 is 11.3 Å². The highest BCUT2D eigenvalue weighted by Gasteiger charge is 2.16. The first-order valence-corrected chi connectivity index (χ1v) is 7.53. The summed E-state index contributed by atoms with van der Waals surface area (Å²) in [5, 5.41) is 23.2. The van der Waals surface area contributed by atoms with E-state index in [1.54, 1.807) is 12.1 Å². The van der Waals surface area contributed by atoms with Crippen molar-refractivity contribution in [1.29, 1.82) is 0 Å². The first-order valence-electron chi connectivity index (χ1n) is 6.71. The van der Waals surface area contributed by atoms with Crippen LogP contribution in [-0.4, -0.2) is 21.3 Å². The van der Waals surface area contributed by atoms with Gasteiger partial charge in [-0.2, -0.15) is 0 Å². The molecule has 0 unspecified atom stereocenters. The predicted molar refractivity (Wildman–Crippen MR) is 77.5 cm³/mol. The zero-order valence-electron chi connectivity index (χ0n) is 10.7. The molecule has 0 saturated heterocycles. The largest absolute Gasteiger partial charge is 0.507 e. The van der Waals surface area contributed by atoms with Crippen LogP contribution in [0.3, 0.4) is 0 Å². The summed E-state index contributed by atoms with van der Waals surface area (Å²) in [5.74, 6) is 0.253. The van der Waals surface area contributed by atoms with Crippen molar-refractivity contribution in [3.05, 3.63) is 24.3 Å². The number of nitrogens with zero attached hydrogens (tertiary/aromatic N) is 2. The lowest BCUT2D eigenvalue weighted by Crippen LogP contribution is -2.21. The molecule has 2 aromatic rings. The van der Waals surface area contributed by atoms with Gasteiger partial charge in [0.25, 0.3) is 0 Å². The molecule has 19 heavy (non-hydrogen) atoms. The number of nitrogens with one attached hydrogen (secondary N) is 1. The molecule has 0 atom stereocenters. The van der Waals surface area contributed by atoms with Gasteiger partial charge in [-0.15, -0.1) is 10.2 Å². The van der Waals surface area contributed by atoms with E-state index in [1.807, 2.05) is 12.1 Å². The number of hydrogen-bond acceptors (Lipinski definition) is 5. The molecule has 1 aliphatic carbocycles. The molecule has 1 fully saturated rings. The third-order valence-corrected chi connectivity index (χ3v) is 4.38. The van der Waals surface area contributed by atoms with Crippen LogP contribution in [0.15, 0.2) is 24.3 Å². The van der Waals surface area contributed by atoms with Gasteiger partial charge in [0.1, 0.15) is 5.75 Å². The minimum atomic E-state index is 0.253. The summed E-state index contributed by atoms with van der Waals surface area (Å²) in [6.45, 7) is 0. The molecule has 0 amide bonds. The summed E-state index contributed by atoms with van der Waals surface area (Å²) in [7, 11) is 0. The lowest BCUT2D eigenvalue weighted by molar-refractivity contribution is 0.462. The lowest BCUT2D eigenvalue weighted by Gasteiger charge is -2.21. The van der Waals surface area contributed by atoms with Crippen LogP contribution in [0.1, 0.15) is 32.1 Å². The normalized spacial score (nSPS) is 16.4. The third-order valence-electron chi connectivity index (χ3n) is 3.49. The molecule has 0 bridgehead atoms. The zero-order chi connectivity index (χ0) is 13.1. The van der Waals surface area contributed by atoms with Gasteiger partial charge in [0.2, 0.25) is 5.13 Å². The Balaban J connectivity index is 1.74. The van der Waals surface area contributed by atoms with Gasteiger partial charge in [-0.05, 0) is 25.0 Å². The fourth-order valence-corrected chi connectivity index (χ4v) is 3.32. The maximum absolute atomic E-state index is 9.81. The molecule has 0 spiro atoms. The van der Waals surface area contributed by atoms with Crippen molar-refractivity contribution in [2.24, 2.45) is 0 Å². The van der Waals surface area contributed by atoms with Crippen molar-refractivity contribution in [1.82, 2.24) is 10.2 Å². The highest BCUT2D eigenvalue weighted by atomic mass is 32.1. The van der Waals surface area contributed by atoms with Gasteiger partial charge in [-0.3, -0.25) is 0 Å². The van der Waals surface area contributed by atoms with E-state index in [2.05, 4.69) is 15.5 Å². The monoisotopic (exact) mass is 275 g/mol. The average Bonchev–Trinajstić information content (AvgIpc) is 2.89. The first kappa shape index (κ1) is 12.4. The molecule has 0 radical (unpaired) electrons. The molecule has 1 aromatic heterocycles. The quantitative estimate of drug-likeness (QED) is 0.897. The Morgan fingerprint density at radius 2 is 1.89 bits per heavy atom. The number of phenols is 1. The molecular weight excluding hydrogens is 258 g/mol. The van der Waals surface area contributed by atoms with Crippen molar-refractivity contribution in [3.8, 4) is 16.3 Å². The number of aromatic nitrogens is 2. The van der Waals surface area contributed by atoms with Gasteiger partial charge in [-0.25, -0.2) is 0 Å². The van der Waals surface area contributed by atoms with Crippen molar-refractivity contribution in [3.63, 3.8) is 0 Å². The van der Waals surface area contributed by atoms with E-state index >= 15 is 0 Å². The maximum Gasteiger partial charge on any atom is 0.206 e. The molecule has 0 aliphatic heterocycles. The number of phenolic OH excluding ortho intramolecular Hbond substituents is 1. The minimum Gasteiger partial charge on any atom is -0.507 e. The summed E-state index contributed by atoms with van der Waals surface area (Å²) in [5.41, 5.74) is 0.747. The van der Waals surface area contributed by atoms with Crippen LogP contribution in [0.25, 0.3) is 10.6 Å². The Bertz CT molecular complexity index is 549. The van der Waals surface area contributed by atoms with E-state index in [0.717, 1.165) is 15.7 Å². The van der Waals surface area contributed by atoms with E-state index in [1.165, 1.54) is 43.4 Å². The summed E-state index contributed by atoms with van der Waals surface area (Å²) < 4.78 is 0. The van der Waals surface area contributed by atoms with Gasteiger partial charge < -0.3 is 10.4 Å². The molecule has 3 rings (SSSR count). The molecule has 4 nitrogen and oxygen atoms in total. The number of aromatic hydroxyl groups is 1. The molecule has 5 heteroatoms. The molecule has 1 aromatic carbocycles. The van der Waals surface area contributed by atoms with Crippen LogP contribution in [0, 0.1) is 0 Å². The summed E-state index contributed by atoms with van der Waals surface area (Å²) in [6.07, 6.45) is 6.36. The minimum absolute atomic E-state index is 0.253. The van der Waals surface area contributed by atoms with Gasteiger partial charge in [-0.1, -0.05) is 42.7 Å². The van der Waals surface area contributed by atoms with Crippen LogP contribution in [0.4, 0.5) is 5.13 Å². The van der Waals surface area contributed by atoms with E-state index in [0.29, 0.717) is 6.04 Å². The maximum atomic E-state index is 9.81. The number of rotatable bonds is 3. The van der Waals surface area contributed by atoms with Gasteiger partial charge in [0, 0.05) is 6.04 Å². The Morgan fingerprint density at radius 3 is 2.68 bits per heavy atom. The third kappa shape index (κ3) is 2.87. The van der Waals surface area contributed by atoms with Crippen molar-refractivity contribution in [2.75, 3.05) is 5.32 Å². The standard InChI is InChI=1S/C14H17N3OS/c18-12-9-5-4-8-11(12)13-16-17-14(19-13)15-10-6-2-1-3-7-10/h4-5,8-10,18H,1-3,6-7H2,(H,15,17). The Hall–Kier alpha value is -1.62. The second-order valence-corrected chi connectivity index (χ2v) is 5.89. The van der Waals surface area contributed by atoms with E-state index in [-0.39, 0.29) is 5.75 Å².